The van der Waals surface area contributed by atoms with Crippen molar-refractivity contribution in [1.29, 1.82) is 0 Å². The zero-order valence-electron chi connectivity index (χ0n) is 15.9. The van der Waals surface area contributed by atoms with E-state index in [4.69, 9.17) is 0 Å². The van der Waals surface area contributed by atoms with Gasteiger partial charge < -0.3 is 9.88 Å². The van der Waals surface area contributed by atoms with Gasteiger partial charge in [-0.3, -0.25) is 9.59 Å². The number of aryl methyl sites for hydroxylation is 2. The van der Waals surface area contributed by atoms with Crippen molar-refractivity contribution < 1.29 is 9.59 Å². The third-order valence-electron chi connectivity index (χ3n) is 4.86. The third-order valence-corrected chi connectivity index (χ3v) is 4.86. The topological polar surface area (TPSA) is 51.1 Å². The molecule has 2 aromatic carbocycles. The van der Waals surface area contributed by atoms with E-state index < -0.39 is 0 Å². The van der Waals surface area contributed by atoms with Crippen LogP contribution in [0.25, 0.3) is 10.9 Å². The summed E-state index contributed by atoms with van der Waals surface area (Å²) in [7, 11) is 0. The highest BCUT2D eigenvalue weighted by molar-refractivity contribution is 6.06. The molecule has 1 atom stereocenters. The first-order chi connectivity index (χ1) is 13.0. The fourth-order valence-electron chi connectivity index (χ4n) is 3.38. The highest BCUT2D eigenvalue weighted by Gasteiger charge is 2.13. The Morgan fingerprint density at radius 1 is 1.04 bits per heavy atom. The SMILES string of the molecule is CC(=O)c1cn(CCC(=O)N[C@H](C)CCc2ccccc2)c2ccccc12. The van der Waals surface area contributed by atoms with Crippen LogP contribution in [0.2, 0.25) is 0 Å². The van der Waals surface area contributed by atoms with Crippen molar-refractivity contribution in [2.75, 3.05) is 0 Å². The predicted octanol–water partition coefficient (Wildman–Crippen LogP) is 4.37. The molecular weight excluding hydrogens is 336 g/mol. The molecule has 3 rings (SSSR count). The minimum atomic E-state index is 0.0396. The monoisotopic (exact) mass is 362 g/mol. The van der Waals surface area contributed by atoms with Gasteiger partial charge in [0.25, 0.3) is 0 Å². The summed E-state index contributed by atoms with van der Waals surface area (Å²) in [5.41, 5.74) is 2.99. The number of fused-ring (bicyclic) bond motifs is 1. The van der Waals surface area contributed by atoms with Crippen LogP contribution in [0.15, 0.2) is 60.8 Å². The van der Waals surface area contributed by atoms with Crippen LogP contribution in [0.3, 0.4) is 0 Å². The molecule has 0 saturated heterocycles. The highest BCUT2D eigenvalue weighted by atomic mass is 16.1. The molecule has 4 nitrogen and oxygen atoms in total. The van der Waals surface area contributed by atoms with Crippen LogP contribution in [0.4, 0.5) is 0 Å². The van der Waals surface area contributed by atoms with E-state index in [2.05, 4.69) is 17.4 Å². The van der Waals surface area contributed by atoms with E-state index in [0.717, 1.165) is 23.7 Å². The number of para-hydroxylation sites is 1. The fourth-order valence-corrected chi connectivity index (χ4v) is 3.38. The maximum atomic E-state index is 12.3. The van der Waals surface area contributed by atoms with E-state index in [1.54, 1.807) is 6.92 Å². The minimum Gasteiger partial charge on any atom is -0.354 e. The van der Waals surface area contributed by atoms with Gasteiger partial charge in [-0.2, -0.15) is 0 Å². The first kappa shape index (κ1) is 18.9. The second-order valence-corrected chi connectivity index (χ2v) is 7.05. The number of carbonyl (C=O) groups excluding carboxylic acids is 2. The van der Waals surface area contributed by atoms with Crippen LogP contribution in [0, 0.1) is 0 Å². The molecule has 3 aromatic rings. The van der Waals surface area contributed by atoms with E-state index in [0.29, 0.717) is 18.5 Å². The van der Waals surface area contributed by atoms with Crippen molar-refractivity contribution in [3.05, 3.63) is 71.9 Å². The van der Waals surface area contributed by atoms with Crippen molar-refractivity contribution in [1.82, 2.24) is 9.88 Å². The molecule has 0 aliphatic heterocycles. The summed E-state index contributed by atoms with van der Waals surface area (Å²) in [6, 6.07) is 18.3. The number of aromatic nitrogens is 1. The Hall–Kier alpha value is -2.88. The Labute approximate surface area is 160 Å². The van der Waals surface area contributed by atoms with Crippen LogP contribution in [-0.4, -0.2) is 22.3 Å². The summed E-state index contributed by atoms with van der Waals surface area (Å²) in [4.78, 5) is 24.2. The molecule has 0 radical (unpaired) electrons. The van der Waals surface area contributed by atoms with Crippen LogP contribution in [0.1, 0.15) is 42.6 Å². The molecule has 0 spiro atoms. The van der Waals surface area contributed by atoms with E-state index in [9.17, 15) is 9.59 Å². The number of nitrogens with one attached hydrogen (secondary N) is 1. The Balaban J connectivity index is 1.55. The number of Topliss-reactive ketones (excluding diaryl/α,β-unsaturated/α-hetero) is 1. The largest absolute Gasteiger partial charge is 0.354 e. The van der Waals surface area contributed by atoms with Gasteiger partial charge >= 0.3 is 0 Å². The van der Waals surface area contributed by atoms with E-state index in [1.807, 2.05) is 60.2 Å². The number of amides is 1. The van der Waals surface area contributed by atoms with Crippen LogP contribution in [0.5, 0.6) is 0 Å². The average Bonchev–Trinajstić information content (AvgIpc) is 3.05. The zero-order chi connectivity index (χ0) is 19.2. The molecule has 1 heterocycles. The molecule has 1 aromatic heterocycles. The smallest absolute Gasteiger partial charge is 0.221 e. The zero-order valence-corrected chi connectivity index (χ0v) is 15.9. The Morgan fingerprint density at radius 3 is 2.48 bits per heavy atom. The van der Waals surface area contributed by atoms with E-state index in [1.165, 1.54) is 5.56 Å². The van der Waals surface area contributed by atoms with Crippen molar-refractivity contribution in [3.63, 3.8) is 0 Å². The molecule has 140 valence electrons. The van der Waals surface area contributed by atoms with E-state index in [-0.39, 0.29) is 17.7 Å². The van der Waals surface area contributed by atoms with E-state index >= 15 is 0 Å². The molecule has 0 unspecified atom stereocenters. The molecule has 1 amide bonds. The van der Waals surface area contributed by atoms with Crippen LogP contribution in [-0.2, 0) is 17.8 Å². The maximum absolute atomic E-state index is 12.3. The molecule has 0 aliphatic rings. The lowest BCUT2D eigenvalue weighted by atomic mass is 10.1. The second-order valence-electron chi connectivity index (χ2n) is 7.05. The molecule has 1 N–H and O–H groups in total. The predicted molar refractivity (Wildman–Crippen MR) is 109 cm³/mol. The van der Waals surface area contributed by atoms with Crippen molar-refractivity contribution in [3.8, 4) is 0 Å². The maximum Gasteiger partial charge on any atom is 0.221 e. The number of carbonyl (C=O) groups is 2. The molecule has 4 heteroatoms. The van der Waals surface area contributed by atoms with Gasteiger partial charge in [-0.15, -0.1) is 0 Å². The van der Waals surface area contributed by atoms with Gasteiger partial charge in [-0.05, 0) is 38.3 Å². The quantitative estimate of drug-likeness (QED) is 0.605. The van der Waals surface area contributed by atoms with Crippen LogP contribution < -0.4 is 5.32 Å². The number of nitrogens with zero attached hydrogens (tertiary/aromatic N) is 1. The van der Waals surface area contributed by atoms with Crippen molar-refractivity contribution >= 4 is 22.6 Å². The van der Waals surface area contributed by atoms with Gasteiger partial charge in [0.2, 0.25) is 5.91 Å². The molecule has 0 saturated carbocycles. The van der Waals surface area contributed by atoms with Gasteiger partial charge in [-0.25, -0.2) is 0 Å². The first-order valence-corrected chi connectivity index (χ1v) is 9.46. The third kappa shape index (κ3) is 4.85. The Morgan fingerprint density at radius 2 is 1.74 bits per heavy atom. The lowest BCUT2D eigenvalue weighted by Gasteiger charge is -2.14. The Kier molecular flexibility index (Phi) is 6.07. The lowest BCUT2D eigenvalue weighted by Crippen LogP contribution is -2.33. The summed E-state index contributed by atoms with van der Waals surface area (Å²) in [5.74, 6) is 0.0849. The fraction of sp³-hybridized carbons (Fsp3) is 0.304. The average molecular weight is 362 g/mol. The summed E-state index contributed by atoms with van der Waals surface area (Å²) in [6.07, 6.45) is 4.12. The number of benzene rings is 2. The number of hydrogen-bond donors (Lipinski definition) is 1. The standard InChI is InChI=1S/C23H26N2O2/c1-17(12-13-19-8-4-3-5-9-19)24-23(27)14-15-25-16-21(18(2)26)20-10-6-7-11-22(20)25/h3-11,16-17H,12-15H2,1-2H3,(H,24,27)/t17-/m1/s1. The summed E-state index contributed by atoms with van der Waals surface area (Å²) in [6.45, 7) is 4.18. The summed E-state index contributed by atoms with van der Waals surface area (Å²) >= 11 is 0. The minimum absolute atomic E-state index is 0.0396. The Bertz CT molecular complexity index is 928. The first-order valence-electron chi connectivity index (χ1n) is 9.46. The van der Waals surface area contributed by atoms with Gasteiger partial charge in [0.05, 0.1) is 0 Å². The normalized spacial score (nSPS) is 12.1. The molecule has 0 aliphatic carbocycles. The van der Waals surface area contributed by atoms with Gasteiger partial charge in [0.15, 0.2) is 5.78 Å². The molecular formula is C23H26N2O2. The number of hydrogen-bond acceptors (Lipinski definition) is 2. The highest BCUT2D eigenvalue weighted by Crippen LogP contribution is 2.22. The van der Waals surface area contributed by atoms with Crippen molar-refractivity contribution in [2.45, 2.75) is 45.7 Å². The summed E-state index contributed by atoms with van der Waals surface area (Å²) < 4.78 is 2.00. The summed E-state index contributed by atoms with van der Waals surface area (Å²) in [5, 5.41) is 4.02. The van der Waals surface area contributed by atoms with Crippen molar-refractivity contribution in [2.24, 2.45) is 0 Å². The lowest BCUT2D eigenvalue weighted by molar-refractivity contribution is -0.121. The van der Waals surface area contributed by atoms with Gasteiger partial charge in [0.1, 0.15) is 0 Å². The second kappa shape index (κ2) is 8.67. The van der Waals surface area contributed by atoms with Gasteiger partial charge in [-0.1, -0.05) is 48.5 Å². The number of rotatable bonds is 8. The van der Waals surface area contributed by atoms with Crippen LogP contribution >= 0.6 is 0 Å². The van der Waals surface area contributed by atoms with Gasteiger partial charge in [0, 0.05) is 41.7 Å². The molecule has 27 heavy (non-hydrogen) atoms. The molecule has 0 fully saturated rings. The number of ketones is 1. The molecule has 0 bridgehead atoms.